The van der Waals surface area contributed by atoms with Crippen molar-refractivity contribution in [2.75, 3.05) is 5.32 Å². The monoisotopic (exact) mass is 306 g/mol. The number of benzene rings is 2. The largest absolute Gasteiger partial charge is 0.389 e. The minimum Gasteiger partial charge on any atom is -0.389 e. The standard InChI is InChI=1S/C15H12F2N2OS/c1-8-2-4-10(12(17)6-8)15(20)19-13-5-3-9(16)7-11(13)14(18)21/h2-7H,1H3,(H2,18,21)(H,19,20). The SMILES string of the molecule is Cc1ccc(C(=O)Nc2ccc(F)cc2C(N)=S)c(F)c1. The van der Waals surface area contributed by atoms with Gasteiger partial charge in [0, 0.05) is 5.56 Å². The van der Waals surface area contributed by atoms with Gasteiger partial charge in [-0.15, -0.1) is 0 Å². The number of rotatable bonds is 3. The van der Waals surface area contributed by atoms with Gasteiger partial charge in [0.15, 0.2) is 0 Å². The molecule has 0 radical (unpaired) electrons. The fourth-order valence-electron chi connectivity index (χ4n) is 1.82. The van der Waals surface area contributed by atoms with E-state index in [4.69, 9.17) is 18.0 Å². The molecule has 0 spiro atoms. The Hall–Kier alpha value is -2.34. The molecule has 2 rings (SSSR count). The first-order valence-corrected chi connectivity index (χ1v) is 6.46. The Morgan fingerprint density at radius 1 is 1.14 bits per heavy atom. The quantitative estimate of drug-likeness (QED) is 0.857. The zero-order valence-corrected chi connectivity index (χ0v) is 11.9. The van der Waals surface area contributed by atoms with E-state index in [0.29, 0.717) is 5.56 Å². The van der Waals surface area contributed by atoms with Crippen LogP contribution in [0.25, 0.3) is 0 Å². The van der Waals surface area contributed by atoms with Crippen molar-refractivity contribution in [3.05, 3.63) is 64.7 Å². The maximum atomic E-state index is 13.8. The second-order valence-electron chi connectivity index (χ2n) is 4.49. The average molecular weight is 306 g/mol. The number of nitrogens with two attached hydrogens (primary N) is 1. The maximum Gasteiger partial charge on any atom is 0.258 e. The molecule has 3 nitrogen and oxygen atoms in total. The highest BCUT2D eigenvalue weighted by molar-refractivity contribution is 7.80. The van der Waals surface area contributed by atoms with Crippen LogP contribution in [-0.2, 0) is 0 Å². The predicted octanol–water partition coefficient (Wildman–Crippen LogP) is 3.16. The lowest BCUT2D eigenvalue weighted by molar-refractivity contribution is 0.102. The molecular weight excluding hydrogens is 294 g/mol. The van der Waals surface area contributed by atoms with Gasteiger partial charge in [-0.05, 0) is 42.8 Å². The second-order valence-corrected chi connectivity index (χ2v) is 4.93. The third-order valence-electron chi connectivity index (χ3n) is 2.86. The van der Waals surface area contributed by atoms with Gasteiger partial charge in [0.05, 0.1) is 11.3 Å². The summed E-state index contributed by atoms with van der Waals surface area (Å²) in [7, 11) is 0. The van der Waals surface area contributed by atoms with Crippen molar-refractivity contribution in [1.29, 1.82) is 0 Å². The van der Waals surface area contributed by atoms with Gasteiger partial charge in [0.2, 0.25) is 0 Å². The van der Waals surface area contributed by atoms with Crippen LogP contribution in [0.15, 0.2) is 36.4 Å². The van der Waals surface area contributed by atoms with Crippen LogP contribution in [0, 0.1) is 18.6 Å². The molecule has 0 aliphatic heterocycles. The summed E-state index contributed by atoms with van der Waals surface area (Å²) in [4.78, 5) is 12.0. The Balaban J connectivity index is 2.34. The Morgan fingerprint density at radius 3 is 2.48 bits per heavy atom. The Labute approximate surface area is 125 Å². The number of nitrogens with one attached hydrogen (secondary N) is 1. The van der Waals surface area contributed by atoms with Crippen LogP contribution in [0.2, 0.25) is 0 Å². The van der Waals surface area contributed by atoms with Gasteiger partial charge in [-0.25, -0.2) is 8.78 Å². The molecule has 0 saturated carbocycles. The van der Waals surface area contributed by atoms with Crippen molar-refractivity contribution in [3.8, 4) is 0 Å². The molecule has 3 N–H and O–H groups in total. The normalized spacial score (nSPS) is 10.2. The Bertz CT molecular complexity index is 732. The van der Waals surface area contributed by atoms with Crippen molar-refractivity contribution in [3.63, 3.8) is 0 Å². The molecule has 2 aromatic rings. The molecule has 0 unspecified atom stereocenters. The lowest BCUT2D eigenvalue weighted by Gasteiger charge is -2.11. The van der Waals surface area contributed by atoms with Crippen LogP contribution in [-0.4, -0.2) is 10.9 Å². The summed E-state index contributed by atoms with van der Waals surface area (Å²) in [6.45, 7) is 1.72. The van der Waals surface area contributed by atoms with Crippen molar-refractivity contribution in [2.45, 2.75) is 6.92 Å². The van der Waals surface area contributed by atoms with Gasteiger partial charge < -0.3 is 11.1 Å². The average Bonchev–Trinajstić information content (AvgIpc) is 2.40. The third kappa shape index (κ3) is 3.41. The number of carbonyl (C=O) groups excluding carboxylic acids is 1. The smallest absolute Gasteiger partial charge is 0.258 e. The van der Waals surface area contributed by atoms with Crippen LogP contribution in [0.1, 0.15) is 21.5 Å². The molecule has 0 aromatic heterocycles. The summed E-state index contributed by atoms with van der Waals surface area (Å²) in [5, 5.41) is 2.48. The molecule has 108 valence electrons. The topological polar surface area (TPSA) is 55.1 Å². The molecule has 2 aromatic carbocycles. The highest BCUT2D eigenvalue weighted by atomic mass is 32.1. The number of aryl methyl sites for hydroxylation is 1. The molecule has 0 fully saturated rings. The van der Waals surface area contributed by atoms with E-state index in [1.165, 1.54) is 18.2 Å². The van der Waals surface area contributed by atoms with Crippen molar-refractivity contribution in [2.24, 2.45) is 5.73 Å². The van der Waals surface area contributed by atoms with E-state index in [0.717, 1.165) is 12.1 Å². The summed E-state index contributed by atoms with van der Waals surface area (Å²) in [6, 6.07) is 7.86. The fourth-order valence-corrected chi connectivity index (χ4v) is 1.99. The minimum absolute atomic E-state index is 0.0609. The highest BCUT2D eigenvalue weighted by Gasteiger charge is 2.15. The molecule has 0 bridgehead atoms. The molecule has 21 heavy (non-hydrogen) atoms. The first kappa shape index (κ1) is 15.1. The van der Waals surface area contributed by atoms with Crippen LogP contribution < -0.4 is 11.1 Å². The maximum absolute atomic E-state index is 13.8. The molecule has 0 atom stereocenters. The van der Waals surface area contributed by atoms with E-state index in [2.05, 4.69) is 5.32 Å². The van der Waals surface area contributed by atoms with Crippen molar-refractivity contribution in [1.82, 2.24) is 0 Å². The van der Waals surface area contributed by atoms with Gasteiger partial charge in [-0.3, -0.25) is 4.79 Å². The molecule has 1 amide bonds. The molecule has 0 heterocycles. The van der Waals surface area contributed by atoms with E-state index < -0.39 is 17.5 Å². The molecule has 6 heteroatoms. The van der Waals surface area contributed by atoms with Crippen molar-refractivity contribution < 1.29 is 13.6 Å². The third-order valence-corrected chi connectivity index (χ3v) is 3.08. The summed E-state index contributed by atoms with van der Waals surface area (Å²) < 4.78 is 26.9. The van der Waals surface area contributed by atoms with Crippen molar-refractivity contribution >= 4 is 28.8 Å². The summed E-state index contributed by atoms with van der Waals surface area (Å²) in [5.41, 5.74) is 6.49. The Morgan fingerprint density at radius 2 is 1.86 bits per heavy atom. The van der Waals surface area contributed by atoms with E-state index in [9.17, 15) is 13.6 Å². The first-order valence-electron chi connectivity index (χ1n) is 6.05. The lowest BCUT2D eigenvalue weighted by atomic mass is 10.1. The van der Waals surface area contributed by atoms with E-state index >= 15 is 0 Å². The van der Waals surface area contributed by atoms with Crippen LogP contribution in [0.4, 0.5) is 14.5 Å². The first-order chi connectivity index (χ1) is 9.88. The zero-order chi connectivity index (χ0) is 15.6. The summed E-state index contributed by atoms with van der Waals surface area (Å²) in [5.74, 6) is -1.82. The fraction of sp³-hybridized carbons (Fsp3) is 0.0667. The predicted molar refractivity (Wildman–Crippen MR) is 81.4 cm³/mol. The van der Waals surface area contributed by atoms with E-state index in [1.807, 2.05) is 0 Å². The van der Waals surface area contributed by atoms with Gasteiger partial charge in [-0.2, -0.15) is 0 Å². The number of thiocarbonyl (C=S) groups is 1. The summed E-state index contributed by atoms with van der Waals surface area (Å²) >= 11 is 4.81. The van der Waals surface area contributed by atoms with Gasteiger partial charge in [0.1, 0.15) is 16.6 Å². The van der Waals surface area contributed by atoms with E-state index in [-0.39, 0.29) is 21.8 Å². The number of carbonyl (C=O) groups is 1. The lowest BCUT2D eigenvalue weighted by Crippen LogP contribution is -2.18. The summed E-state index contributed by atoms with van der Waals surface area (Å²) in [6.07, 6.45) is 0. The van der Waals surface area contributed by atoms with Gasteiger partial charge in [0.25, 0.3) is 5.91 Å². The molecule has 0 aliphatic rings. The molecule has 0 saturated heterocycles. The Kier molecular flexibility index (Phi) is 4.28. The number of hydrogen-bond donors (Lipinski definition) is 2. The number of amides is 1. The zero-order valence-electron chi connectivity index (χ0n) is 11.1. The van der Waals surface area contributed by atoms with Gasteiger partial charge in [-0.1, -0.05) is 18.3 Å². The minimum atomic E-state index is -0.656. The number of hydrogen-bond acceptors (Lipinski definition) is 2. The van der Waals surface area contributed by atoms with Crippen LogP contribution in [0.5, 0.6) is 0 Å². The van der Waals surface area contributed by atoms with Crippen LogP contribution in [0.3, 0.4) is 0 Å². The number of anilines is 1. The van der Waals surface area contributed by atoms with Crippen LogP contribution >= 0.6 is 12.2 Å². The van der Waals surface area contributed by atoms with Gasteiger partial charge >= 0.3 is 0 Å². The number of halogens is 2. The molecular formula is C15H12F2N2OS. The highest BCUT2D eigenvalue weighted by Crippen LogP contribution is 2.19. The molecule has 0 aliphatic carbocycles. The van der Waals surface area contributed by atoms with E-state index in [1.54, 1.807) is 13.0 Å². The second kappa shape index (κ2) is 5.97.